The first-order valence-corrected chi connectivity index (χ1v) is 7.29. The Kier molecular flexibility index (Phi) is 5.68. The lowest BCUT2D eigenvalue weighted by Gasteiger charge is -2.10. The third-order valence-electron chi connectivity index (χ3n) is 3.39. The summed E-state index contributed by atoms with van der Waals surface area (Å²) in [6.45, 7) is 2.47. The van der Waals surface area contributed by atoms with Crippen molar-refractivity contribution in [3.8, 4) is 0 Å². The van der Waals surface area contributed by atoms with Gasteiger partial charge in [-0.25, -0.2) is 9.59 Å². The van der Waals surface area contributed by atoms with E-state index in [1.165, 1.54) is 7.11 Å². The molecule has 1 aromatic carbocycles. The van der Waals surface area contributed by atoms with Gasteiger partial charge in [-0.3, -0.25) is 4.98 Å². The summed E-state index contributed by atoms with van der Waals surface area (Å²) in [5.74, 6) is -0.411. The molecule has 2 rings (SSSR count). The van der Waals surface area contributed by atoms with Crippen LogP contribution in [0.15, 0.2) is 42.7 Å². The van der Waals surface area contributed by atoms with Gasteiger partial charge in [0.15, 0.2) is 0 Å². The number of hydrogen-bond donors (Lipinski definition) is 2. The van der Waals surface area contributed by atoms with Crippen LogP contribution < -0.4 is 10.6 Å². The molecule has 0 aliphatic rings. The van der Waals surface area contributed by atoms with Crippen molar-refractivity contribution in [2.75, 3.05) is 12.4 Å². The average Bonchev–Trinajstić information content (AvgIpc) is 2.60. The smallest absolute Gasteiger partial charge is 0.337 e. The van der Waals surface area contributed by atoms with Gasteiger partial charge >= 0.3 is 12.0 Å². The van der Waals surface area contributed by atoms with E-state index in [1.807, 2.05) is 13.0 Å². The van der Waals surface area contributed by atoms with E-state index in [1.54, 1.807) is 36.7 Å². The van der Waals surface area contributed by atoms with E-state index in [0.717, 1.165) is 17.5 Å². The number of aromatic nitrogens is 1. The number of urea groups is 1. The Bertz CT molecular complexity index is 684. The minimum Gasteiger partial charge on any atom is -0.465 e. The molecule has 2 N–H and O–H groups in total. The van der Waals surface area contributed by atoms with Crippen LogP contribution in [-0.2, 0) is 17.7 Å². The summed E-state index contributed by atoms with van der Waals surface area (Å²) >= 11 is 0. The molecule has 0 saturated carbocycles. The van der Waals surface area contributed by atoms with Crippen molar-refractivity contribution < 1.29 is 14.3 Å². The van der Waals surface area contributed by atoms with Crippen LogP contribution >= 0.6 is 0 Å². The predicted molar refractivity (Wildman–Crippen MR) is 87.3 cm³/mol. The van der Waals surface area contributed by atoms with Gasteiger partial charge in [0, 0.05) is 24.6 Å². The van der Waals surface area contributed by atoms with Crippen LogP contribution in [0, 0.1) is 0 Å². The molecule has 0 saturated heterocycles. The molecule has 1 heterocycles. The number of esters is 1. The molecule has 0 aliphatic heterocycles. The van der Waals surface area contributed by atoms with Crippen molar-refractivity contribution in [1.82, 2.24) is 10.3 Å². The third-order valence-corrected chi connectivity index (χ3v) is 3.39. The number of hydrogen-bond acceptors (Lipinski definition) is 4. The fraction of sp³-hybridized carbons (Fsp3) is 0.235. The zero-order valence-corrected chi connectivity index (χ0v) is 13.1. The van der Waals surface area contributed by atoms with Crippen molar-refractivity contribution in [3.63, 3.8) is 0 Å². The molecule has 120 valence electrons. The first-order chi connectivity index (χ1) is 11.1. The van der Waals surface area contributed by atoms with E-state index in [-0.39, 0.29) is 6.03 Å². The summed E-state index contributed by atoms with van der Waals surface area (Å²) < 4.78 is 4.62. The molecule has 0 radical (unpaired) electrons. The number of nitrogens with one attached hydrogen (secondary N) is 2. The average molecular weight is 313 g/mol. The normalized spacial score (nSPS) is 10.0. The molecule has 6 nitrogen and oxygen atoms in total. The van der Waals surface area contributed by atoms with Gasteiger partial charge in [0.25, 0.3) is 0 Å². The lowest BCUT2D eigenvalue weighted by Crippen LogP contribution is -2.28. The van der Waals surface area contributed by atoms with Gasteiger partial charge < -0.3 is 15.4 Å². The predicted octanol–water partition coefficient (Wildman–Crippen LogP) is 2.75. The molecule has 6 heteroatoms. The fourth-order valence-corrected chi connectivity index (χ4v) is 2.11. The number of methoxy groups -OCH3 is 1. The summed E-state index contributed by atoms with van der Waals surface area (Å²) in [6.07, 6.45) is 4.38. The van der Waals surface area contributed by atoms with Gasteiger partial charge in [-0.05, 0) is 47.9 Å². The van der Waals surface area contributed by atoms with Crippen LogP contribution in [0.4, 0.5) is 10.5 Å². The number of benzene rings is 1. The van der Waals surface area contributed by atoms with Gasteiger partial charge in [0.2, 0.25) is 0 Å². The van der Waals surface area contributed by atoms with Crippen molar-refractivity contribution in [3.05, 3.63) is 59.4 Å². The summed E-state index contributed by atoms with van der Waals surface area (Å²) in [5, 5.41) is 5.52. The highest BCUT2D eigenvalue weighted by Gasteiger charge is 2.07. The third kappa shape index (κ3) is 4.54. The Morgan fingerprint density at radius 1 is 1.13 bits per heavy atom. The van der Waals surface area contributed by atoms with Crippen LogP contribution in [0.5, 0.6) is 0 Å². The molecule has 23 heavy (non-hydrogen) atoms. The fourth-order valence-electron chi connectivity index (χ4n) is 2.11. The highest BCUT2D eigenvalue weighted by atomic mass is 16.5. The largest absolute Gasteiger partial charge is 0.465 e. The molecule has 0 bridgehead atoms. The van der Waals surface area contributed by atoms with Crippen molar-refractivity contribution in [2.24, 2.45) is 0 Å². The molecule has 1 aromatic heterocycles. The molecular weight excluding hydrogens is 294 g/mol. The van der Waals surface area contributed by atoms with Crippen LogP contribution in [0.25, 0.3) is 0 Å². The second kappa shape index (κ2) is 7.93. The van der Waals surface area contributed by atoms with Crippen LogP contribution in [0.3, 0.4) is 0 Å². The second-order valence-corrected chi connectivity index (χ2v) is 4.87. The van der Waals surface area contributed by atoms with Gasteiger partial charge in [0.05, 0.1) is 12.7 Å². The monoisotopic (exact) mass is 313 g/mol. The van der Waals surface area contributed by atoms with Crippen molar-refractivity contribution >= 4 is 17.7 Å². The first-order valence-electron chi connectivity index (χ1n) is 7.29. The Morgan fingerprint density at radius 3 is 2.52 bits per heavy atom. The Morgan fingerprint density at radius 2 is 1.87 bits per heavy atom. The molecular formula is C17H19N3O3. The van der Waals surface area contributed by atoms with E-state index in [0.29, 0.717) is 17.8 Å². The molecule has 0 spiro atoms. The Balaban J connectivity index is 1.91. The van der Waals surface area contributed by atoms with Gasteiger partial charge in [0.1, 0.15) is 0 Å². The highest BCUT2D eigenvalue weighted by Crippen LogP contribution is 2.11. The lowest BCUT2D eigenvalue weighted by atomic mass is 10.1. The number of nitrogens with zero attached hydrogens (tertiary/aromatic N) is 1. The Hall–Kier alpha value is -2.89. The number of ether oxygens (including phenoxy) is 1. The van der Waals surface area contributed by atoms with E-state index < -0.39 is 5.97 Å². The van der Waals surface area contributed by atoms with Gasteiger partial charge in [-0.1, -0.05) is 6.92 Å². The second-order valence-electron chi connectivity index (χ2n) is 4.87. The number of aryl methyl sites for hydroxylation is 1. The van der Waals surface area contributed by atoms with Crippen molar-refractivity contribution in [1.29, 1.82) is 0 Å². The number of carbonyl (C=O) groups excluding carboxylic acids is 2. The van der Waals surface area contributed by atoms with E-state index in [4.69, 9.17) is 0 Å². The molecule has 2 amide bonds. The molecule has 0 fully saturated rings. The molecule has 0 aliphatic carbocycles. The first kappa shape index (κ1) is 16.5. The summed E-state index contributed by atoms with van der Waals surface area (Å²) in [6, 6.07) is 8.07. The summed E-state index contributed by atoms with van der Waals surface area (Å²) in [4.78, 5) is 27.3. The Labute approximate surface area is 134 Å². The number of pyridine rings is 1. The maximum Gasteiger partial charge on any atom is 0.337 e. The topological polar surface area (TPSA) is 80.3 Å². The maximum absolute atomic E-state index is 11.9. The minimum atomic E-state index is -0.411. The summed E-state index contributed by atoms with van der Waals surface area (Å²) in [5.41, 5.74) is 3.18. The minimum absolute atomic E-state index is 0.310. The SMILES string of the molecule is CCc1cnccc1CNC(=O)Nc1ccc(C(=O)OC)cc1. The van der Waals surface area contributed by atoms with Gasteiger partial charge in [-0.15, -0.1) is 0 Å². The standard InChI is InChI=1S/C17H19N3O3/c1-3-12-10-18-9-8-14(12)11-19-17(22)20-15-6-4-13(5-7-15)16(21)23-2/h4-10H,3,11H2,1-2H3,(H2,19,20,22). The number of rotatable bonds is 5. The van der Waals surface area contributed by atoms with Crippen LogP contribution in [-0.4, -0.2) is 24.1 Å². The number of anilines is 1. The number of amides is 2. The molecule has 2 aromatic rings. The van der Waals surface area contributed by atoms with E-state index >= 15 is 0 Å². The zero-order chi connectivity index (χ0) is 16.7. The number of carbonyl (C=O) groups is 2. The van der Waals surface area contributed by atoms with Crippen LogP contribution in [0.2, 0.25) is 0 Å². The van der Waals surface area contributed by atoms with E-state index in [9.17, 15) is 9.59 Å². The van der Waals surface area contributed by atoms with Crippen molar-refractivity contribution in [2.45, 2.75) is 19.9 Å². The maximum atomic E-state index is 11.9. The van der Waals surface area contributed by atoms with E-state index in [2.05, 4.69) is 20.4 Å². The summed E-state index contributed by atoms with van der Waals surface area (Å²) in [7, 11) is 1.33. The molecule has 0 unspecified atom stereocenters. The quantitative estimate of drug-likeness (QED) is 0.832. The molecule has 0 atom stereocenters. The zero-order valence-electron chi connectivity index (χ0n) is 13.1. The van der Waals surface area contributed by atoms with Gasteiger partial charge in [-0.2, -0.15) is 0 Å². The van der Waals surface area contributed by atoms with Crippen LogP contribution in [0.1, 0.15) is 28.4 Å². The lowest BCUT2D eigenvalue weighted by molar-refractivity contribution is 0.0601. The highest BCUT2D eigenvalue weighted by molar-refractivity contribution is 5.92.